The van der Waals surface area contributed by atoms with Gasteiger partial charge in [-0.15, -0.1) is 0 Å². The normalized spacial score (nSPS) is 9.84. The van der Waals surface area contributed by atoms with Crippen LogP contribution in [0.4, 0.5) is 5.69 Å². The minimum absolute atomic E-state index is 0.0413. The lowest BCUT2D eigenvalue weighted by Gasteiger charge is -2.21. The summed E-state index contributed by atoms with van der Waals surface area (Å²) >= 11 is 0. The Morgan fingerprint density at radius 3 is 2.79 bits per heavy atom. The van der Waals surface area contributed by atoms with Crippen LogP contribution in [-0.2, 0) is 4.79 Å². The van der Waals surface area contributed by atoms with Crippen molar-refractivity contribution in [1.29, 1.82) is 5.26 Å². The highest BCUT2D eigenvalue weighted by molar-refractivity contribution is 5.82. The van der Waals surface area contributed by atoms with Crippen LogP contribution in [0.25, 0.3) is 0 Å². The molecule has 0 aliphatic rings. The first-order valence-electron chi connectivity index (χ1n) is 6.35. The molecule has 0 aliphatic carbocycles. The minimum Gasteiger partial charge on any atom is -0.364 e. The van der Waals surface area contributed by atoms with E-state index in [0.717, 1.165) is 17.8 Å². The average molecular weight is 260 g/mol. The number of aryl methyl sites for hydroxylation is 2. The highest BCUT2D eigenvalue weighted by Gasteiger charge is 2.14. The van der Waals surface area contributed by atoms with Crippen molar-refractivity contribution in [3.8, 4) is 6.07 Å². The number of hydrogen-bond acceptors (Lipinski definition) is 4. The second-order valence-electron chi connectivity index (χ2n) is 4.56. The molecule has 0 bridgehead atoms. The lowest BCUT2D eigenvalue weighted by Crippen LogP contribution is -2.35. The van der Waals surface area contributed by atoms with Gasteiger partial charge >= 0.3 is 0 Å². The second kappa shape index (κ2) is 6.74. The van der Waals surface area contributed by atoms with E-state index < -0.39 is 0 Å². The number of anilines is 1. The van der Waals surface area contributed by atoms with E-state index in [-0.39, 0.29) is 12.5 Å². The Kier molecular flexibility index (Phi) is 5.31. The summed E-state index contributed by atoms with van der Waals surface area (Å²) in [6.45, 7) is 6.60. The number of carbonyl (C=O) groups excluding carboxylic acids is 1. The molecule has 1 heterocycles. The lowest BCUT2D eigenvalue weighted by atomic mass is 10.1. The summed E-state index contributed by atoms with van der Waals surface area (Å²) in [5.41, 5.74) is 2.81. The summed E-state index contributed by atoms with van der Waals surface area (Å²) in [7, 11) is 1.81. The average Bonchev–Trinajstić information content (AvgIpc) is 2.35. The molecule has 0 aromatic carbocycles. The molecule has 0 radical (unpaired) electrons. The Hall–Kier alpha value is -2.09. The lowest BCUT2D eigenvalue weighted by molar-refractivity contribution is -0.119. The van der Waals surface area contributed by atoms with E-state index in [0.29, 0.717) is 17.8 Å². The van der Waals surface area contributed by atoms with Crippen LogP contribution in [0.2, 0.25) is 0 Å². The van der Waals surface area contributed by atoms with E-state index in [9.17, 15) is 10.1 Å². The van der Waals surface area contributed by atoms with Gasteiger partial charge in [0.2, 0.25) is 5.91 Å². The number of nitrogens with one attached hydrogen (secondary N) is 1. The summed E-state index contributed by atoms with van der Waals surface area (Å²) in [4.78, 5) is 17.8. The first-order valence-corrected chi connectivity index (χ1v) is 6.35. The number of nitriles is 1. The van der Waals surface area contributed by atoms with Crippen molar-refractivity contribution in [1.82, 2.24) is 10.3 Å². The number of aromatic nitrogens is 1. The van der Waals surface area contributed by atoms with Gasteiger partial charge < -0.3 is 10.2 Å². The summed E-state index contributed by atoms with van der Waals surface area (Å²) in [6.07, 6.45) is 0.909. The number of carbonyl (C=O) groups is 1. The number of hydrogen-bond donors (Lipinski definition) is 1. The predicted octanol–water partition coefficient (Wildman–Crippen LogP) is 1.53. The van der Waals surface area contributed by atoms with Crippen LogP contribution in [0.5, 0.6) is 0 Å². The number of rotatable bonds is 5. The first-order chi connectivity index (χ1) is 8.99. The number of nitrogens with zero attached hydrogens (tertiary/aromatic N) is 3. The fourth-order valence-corrected chi connectivity index (χ4v) is 1.87. The molecule has 1 N–H and O–H groups in total. The van der Waals surface area contributed by atoms with Crippen LogP contribution in [0.1, 0.15) is 30.3 Å². The Labute approximate surface area is 114 Å². The molecule has 0 atom stereocenters. The molecule has 0 unspecified atom stereocenters. The van der Waals surface area contributed by atoms with Crippen LogP contribution < -0.4 is 10.2 Å². The molecule has 1 aromatic heterocycles. The number of likely N-dealkylation sites (N-methyl/N-ethyl adjacent to an activating group) is 1. The van der Waals surface area contributed by atoms with Gasteiger partial charge in [0.1, 0.15) is 6.07 Å². The monoisotopic (exact) mass is 260 g/mol. The largest absolute Gasteiger partial charge is 0.364 e. The maximum absolute atomic E-state index is 11.7. The van der Waals surface area contributed by atoms with Crippen molar-refractivity contribution in [2.24, 2.45) is 0 Å². The molecule has 0 spiro atoms. The molecule has 5 heteroatoms. The van der Waals surface area contributed by atoms with Crippen molar-refractivity contribution in [2.45, 2.75) is 27.2 Å². The van der Waals surface area contributed by atoms with Gasteiger partial charge in [0.15, 0.2) is 0 Å². The van der Waals surface area contributed by atoms with Gasteiger partial charge in [-0.1, -0.05) is 6.92 Å². The Bertz CT molecular complexity index is 505. The predicted molar refractivity (Wildman–Crippen MR) is 75.0 cm³/mol. The smallest absolute Gasteiger partial charge is 0.239 e. The summed E-state index contributed by atoms with van der Waals surface area (Å²) in [5, 5.41) is 12.0. The van der Waals surface area contributed by atoms with Crippen molar-refractivity contribution >= 4 is 11.6 Å². The zero-order chi connectivity index (χ0) is 14.4. The quantitative estimate of drug-likeness (QED) is 0.871. The third-order valence-corrected chi connectivity index (χ3v) is 2.78. The van der Waals surface area contributed by atoms with Gasteiger partial charge in [0, 0.05) is 19.3 Å². The third-order valence-electron chi connectivity index (χ3n) is 2.78. The van der Waals surface area contributed by atoms with Gasteiger partial charge in [0.25, 0.3) is 0 Å². The molecule has 0 aliphatic heterocycles. The van der Waals surface area contributed by atoms with E-state index in [4.69, 9.17) is 0 Å². The second-order valence-corrected chi connectivity index (χ2v) is 4.56. The molecule has 1 aromatic rings. The zero-order valence-electron chi connectivity index (χ0n) is 11.9. The Morgan fingerprint density at radius 2 is 2.21 bits per heavy atom. The molecule has 19 heavy (non-hydrogen) atoms. The maximum atomic E-state index is 11.7. The van der Waals surface area contributed by atoms with Gasteiger partial charge in [-0.2, -0.15) is 5.26 Å². The standard InChI is InChI=1S/C14H20N4O/c1-5-6-16-14(19)9-18(4)13-7-10(2)17-11(3)12(13)8-15/h7H,5-6,9H2,1-4H3,(H,16,19). The van der Waals surface area contributed by atoms with E-state index in [1.54, 1.807) is 18.9 Å². The molecule has 5 nitrogen and oxygen atoms in total. The molecular formula is C14H20N4O. The molecule has 1 amide bonds. The van der Waals surface area contributed by atoms with Crippen LogP contribution >= 0.6 is 0 Å². The minimum atomic E-state index is -0.0413. The number of pyridine rings is 1. The van der Waals surface area contributed by atoms with Gasteiger partial charge in [0.05, 0.1) is 23.5 Å². The molecular weight excluding hydrogens is 240 g/mol. The maximum Gasteiger partial charge on any atom is 0.239 e. The van der Waals surface area contributed by atoms with Crippen molar-refractivity contribution in [2.75, 3.05) is 25.0 Å². The van der Waals surface area contributed by atoms with Gasteiger partial charge in [-0.05, 0) is 26.3 Å². The van der Waals surface area contributed by atoms with E-state index in [2.05, 4.69) is 16.4 Å². The molecule has 0 saturated heterocycles. The van der Waals surface area contributed by atoms with Gasteiger partial charge in [-0.25, -0.2) is 0 Å². The highest BCUT2D eigenvalue weighted by atomic mass is 16.2. The fourth-order valence-electron chi connectivity index (χ4n) is 1.87. The van der Waals surface area contributed by atoms with Crippen molar-refractivity contribution < 1.29 is 4.79 Å². The summed E-state index contributed by atoms with van der Waals surface area (Å²) in [6, 6.07) is 3.98. The van der Waals surface area contributed by atoms with Crippen LogP contribution in [0.3, 0.4) is 0 Å². The highest BCUT2D eigenvalue weighted by Crippen LogP contribution is 2.21. The zero-order valence-corrected chi connectivity index (χ0v) is 11.9. The number of amides is 1. The summed E-state index contributed by atoms with van der Waals surface area (Å²) < 4.78 is 0. The molecule has 0 saturated carbocycles. The van der Waals surface area contributed by atoms with Crippen LogP contribution in [0, 0.1) is 25.2 Å². The van der Waals surface area contributed by atoms with Gasteiger partial charge in [-0.3, -0.25) is 9.78 Å². The summed E-state index contributed by atoms with van der Waals surface area (Å²) in [5.74, 6) is -0.0413. The molecule has 1 rings (SSSR count). The van der Waals surface area contributed by atoms with Crippen LogP contribution in [0.15, 0.2) is 6.07 Å². The topological polar surface area (TPSA) is 69.0 Å². The van der Waals surface area contributed by atoms with Crippen molar-refractivity contribution in [3.63, 3.8) is 0 Å². The Morgan fingerprint density at radius 1 is 1.53 bits per heavy atom. The van der Waals surface area contributed by atoms with E-state index in [1.807, 2.05) is 19.9 Å². The fraction of sp³-hybridized carbons (Fsp3) is 0.500. The molecule has 0 fully saturated rings. The Balaban J connectivity index is 2.91. The van der Waals surface area contributed by atoms with E-state index >= 15 is 0 Å². The van der Waals surface area contributed by atoms with E-state index in [1.165, 1.54) is 0 Å². The third kappa shape index (κ3) is 3.95. The van der Waals surface area contributed by atoms with Crippen molar-refractivity contribution in [3.05, 3.63) is 23.0 Å². The SMILES string of the molecule is CCCNC(=O)CN(C)c1cc(C)nc(C)c1C#N. The molecule has 102 valence electrons. The first kappa shape index (κ1) is 15.0. The van der Waals surface area contributed by atoms with Crippen LogP contribution in [-0.4, -0.2) is 31.0 Å².